The van der Waals surface area contributed by atoms with Gasteiger partial charge in [-0.2, -0.15) is 0 Å². The first-order valence-electron chi connectivity index (χ1n) is 4.06. The highest BCUT2D eigenvalue weighted by Gasteiger charge is 2.05. The topological polar surface area (TPSA) is 30.9 Å². The van der Waals surface area contributed by atoms with Crippen LogP contribution in [0.4, 0.5) is 5.69 Å². The molecule has 0 bridgehead atoms. The lowest BCUT2D eigenvalue weighted by Gasteiger charge is -2.07. The van der Waals surface area contributed by atoms with Crippen LogP contribution in [0.1, 0.15) is 0 Å². The third kappa shape index (κ3) is 1.59. The van der Waals surface area contributed by atoms with Crippen molar-refractivity contribution in [1.29, 1.82) is 0 Å². The van der Waals surface area contributed by atoms with Crippen LogP contribution in [0.15, 0.2) is 36.7 Å². The van der Waals surface area contributed by atoms with Gasteiger partial charge in [0.15, 0.2) is 0 Å². The monoisotopic (exact) mass is 226 g/mol. The van der Waals surface area contributed by atoms with Crippen LogP contribution in [0.5, 0.6) is 0 Å². The number of benzene rings is 1. The van der Waals surface area contributed by atoms with Gasteiger partial charge in [-0.25, -0.2) is 0 Å². The summed E-state index contributed by atoms with van der Waals surface area (Å²) in [7, 11) is 0. The minimum Gasteiger partial charge on any atom is -0.397 e. The summed E-state index contributed by atoms with van der Waals surface area (Å²) in [6.07, 6.45) is 3.79. The summed E-state index contributed by atoms with van der Waals surface area (Å²) >= 11 is 11.9. The van der Waals surface area contributed by atoms with E-state index >= 15 is 0 Å². The zero-order valence-corrected chi connectivity index (χ0v) is 8.76. The molecule has 0 saturated heterocycles. The molecule has 0 fully saturated rings. The van der Waals surface area contributed by atoms with E-state index in [0.29, 0.717) is 15.7 Å². The van der Waals surface area contributed by atoms with Gasteiger partial charge in [-0.1, -0.05) is 23.2 Å². The average molecular weight is 227 g/mol. The fourth-order valence-corrected chi connectivity index (χ4v) is 1.67. The normalized spacial score (nSPS) is 10.4. The number of aromatic nitrogens is 1. The highest BCUT2D eigenvalue weighted by molar-refractivity contribution is 6.36. The number of hydrogen-bond donors (Lipinski definition) is 1. The molecule has 72 valence electrons. The number of nitrogen functional groups attached to an aromatic ring is 1. The smallest absolute Gasteiger partial charge is 0.0667 e. The molecule has 2 aromatic rings. The van der Waals surface area contributed by atoms with E-state index in [2.05, 4.69) is 0 Å². The molecule has 0 aliphatic rings. The molecule has 0 unspecified atom stereocenters. The Kier molecular flexibility index (Phi) is 2.40. The summed E-state index contributed by atoms with van der Waals surface area (Å²) < 4.78 is 1.88. The number of halogens is 2. The molecule has 1 aromatic heterocycles. The standard InChI is InChI=1S/C10H8Cl2N2/c11-7-6-10(8(12)5-9(7)13)14-3-1-2-4-14/h1-6H,13H2. The van der Waals surface area contributed by atoms with Gasteiger partial charge < -0.3 is 10.3 Å². The average Bonchev–Trinajstić information content (AvgIpc) is 2.64. The third-order valence-corrected chi connectivity index (χ3v) is 2.58. The van der Waals surface area contributed by atoms with Gasteiger partial charge in [-0.15, -0.1) is 0 Å². The first-order valence-corrected chi connectivity index (χ1v) is 4.82. The molecule has 2 rings (SSSR count). The van der Waals surface area contributed by atoms with Crippen LogP contribution < -0.4 is 5.73 Å². The minimum atomic E-state index is 0.493. The Morgan fingerprint density at radius 2 is 1.64 bits per heavy atom. The molecule has 0 aliphatic carbocycles. The summed E-state index contributed by atoms with van der Waals surface area (Å²) in [6, 6.07) is 7.24. The van der Waals surface area contributed by atoms with E-state index in [-0.39, 0.29) is 0 Å². The van der Waals surface area contributed by atoms with Crippen LogP contribution in [-0.4, -0.2) is 4.57 Å². The number of nitrogens with zero attached hydrogens (tertiary/aromatic N) is 1. The predicted octanol–water partition coefficient (Wildman–Crippen LogP) is 3.37. The SMILES string of the molecule is Nc1cc(Cl)c(-n2cccc2)cc1Cl. The van der Waals surface area contributed by atoms with E-state index in [9.17, 15) is 0 Å². The molecular weight excluding hydrogens is 219 g/mol. The maximum atomic E-state index is 6.03. The molecule has 2 N–H and O–H groups in total. The fourth-order valence-electron chi connectivity index (χ4n) is 1.24. The lowest BCUT2D eigenvalue weighted by Crippen LogP contribution is -1.94. The van der Waals surface area contributed by atoms with Gasteiger partial charge in [0.2, 0.25) is 0 Å². The molecule has 0 radical (unpaired) electrons. The maximum absolute atomic E-state index is 6.03. The molecular formula is C10H8Cl2N2. The summed E-state index contributed by atoms with van der Waals surface area (Å²) in [6.45, 7) is 0. The van der Waals surface area contributed by atoms with Crippen molar-refractivity contribution in [2.45, 2.75) is 0 Å². The van der Waals surface area contributed by atoms with Gasteiger partial charge >= 0.3 is 0 Å². The van der Waals surface area contributed by atoms with Crippen molar-refractivity contribution < 1.29 is 0 Å². The Bertz CT molecular complexity index is 449. The number of hydrogen-bond acceptors (Lipinski definition) is 1. The Hall–Kier alpha value is -1.12. The highest BCUT2D eigenvalue weighted by atomic mass is 35.5. The summed E-state index contributed by atoms with van der Waals surface area (Å²) in [5, 5.41) is 1.10. The molecule has 1 aromatic carbocycles. The van der Waals surface area contributed by atoms with Crippen LogP contribution in [0.2, 0.25) is 10.0 Å². The number of nitrogens with two attached hydrogens (primary N) is 1. The zero-order valence-electron chi connectivity index (χ0n) is 7.24. The van der Waals surface area contributed by atoms with Crippen molar-refractivity contribution in [3.63, 3.8) is 0 Å². The first-order chi connectivity index (χ1) is 6.68. The second-order valence-electron chi connectivity index (χ2n) is 2.92. The van der Waals surface area contributed by atoms with Gasteiger partial charge in [0.1, 0.15) is 0 Å². The van der Waals surface area contributed by atoms with Gasteiger partial charge in [-0.05, 0) is 24.3 Å². The summed E-state index contributed by atoms with van der Waals surface area (Å²) in [5.74, 6) is 0. The zero-order chi connectivity index (χ0) is 10.1. The molecule has 0 spiro atoms. The Balaban J connectivity index is 2.60. The van der Waals surface area contributed by atoms with Crippen molar-refractivity contribution in [2.24, 2.45) is 0 Å². The Morgan fingerprint density at radius 3 is 2.29 bits per heavy atom. The van der Waals surface area contributed by atoms with E-state index in [1.807, 2.05) is 29.1 Å². The van der Waals surface area contributed by atoms with E-state index < -0.39 is 0 Å². The molecule has 1 heterocycles. The molecule has 0 atom stereocenters. The second-order valence-corrected chi connectivity index (χ2v) is 3.73. The molecule has 2 nitrogen and oxygen atoms in total. The minimum absolute atomic E-state index is 0.493. The number of anilines is 1. The summed E-state index contributed by atoms with van der Waals surface area (Å²) in [4.78, 5) is 0. The first kappa shape index (κ1) is 9.44. The van der Waals surface area contributed by atoms with E-state index in [0.717, 1.165) is 5.69 Å². The molecule has 0 aliphatic heterocycles. The third-order valence-electron chi connectivity index (χ3n) is 1.95. The van der Waals surface area contributed by atoms with Gasteiger partial charge in [0, 0.05) is 12.4 Å². The molecule has 0 amide bonds. The van der Waals surface area contributed by atoms with Crippen LogP contribution in [-0.2, 0) is 0 Å². The van der Waals surface area contributed by atoms with E-state index in [4.69, 9.17) is 28.9 Å². The lowest BCUT2D eigenvalue weighted by molar-refractivity contribution is 1.08. The van der Waals surface area contributed by atoms with E-state index in [1.54, 1.807) is 12.1 Å². The lowest BCUT2D eigenvalue weighted by atomic mass is 10.3. The summed E-state index contributed by atoms with van der Waals surface area (Å²) in [5.41, 5.74) is 6.94. The number of rotatable bonds is 1. The molecule has 14 heavy (non-hydrogen) atoms. The van der Waals surface area contributed by atoms with Crippen molar-refractivity contribution in [3.8, 4) is 5.69 Å². The predicted molar refractivity (Wildman–Crippen MR) is 60.2 cm³/mol. The maximum Gasteiger partial charge on any atom is 0.0667 e. The van der Waals surface area contributed by atoms with Crippen LogP contribution in [0.25, 0.3) is 5.69 Å². The van der Waals surface area contributed by atoms with Crippen LogP contribution in [0.3, 0.4) is 0 Å². The largest absolute Gasteiger partial charge is 0.397 e. The van der Waals surface area contributed by atoms with Gasteiger partial charge in [-0.3, -0.25) is 0 Å². The fraction of sp³-hybridized carbons (Fsp3) is 0. The quantitative estimate of drug-likeness (QED) is 0.744. The van der Waals surface area contributed by atoms with Crippen LogP contribution in [0, 0.1) is 0 Å². The Morgan fingerprint density at radius 1 is 1.00 bits per heavy atom. The highest BCUT2D eigenvalue weighted by Crippen LogP contribution is 2.29. The van der Waals surface area contributed by atoms with Crippen molar-refractivity contribution in [2.75, 3.05) is 5.73 Å². The van der Waals surface area contributed by atoms with E-state index in [1.165, 1.54) is 0 Å². The van der Waals surface area contributed by atoms with Gasteiger partial charge in [0.05, 0.1) is 21.4 Å². The van der Waals surface area contributed by atoms with Crippen molar-refractivity contribution in [3.05, 3.63) is 46.7 Å². The molecule has 0 saturated carbocycles. The van der Waals surface area contributed by atoms with Gasteiger partial charge in [0.25, 0.3) is 0 Å². The van der Waals surface area contributed by atoms with Crippen molar-refractivity contribution >= 4 is 28.9 Å². The van der Waals surface area contributed by atoms with Crippen molar-refractivity contribution in [1.82, 2.24) is 4.57 Å². The molecule has 4 heteroatoms. The van der Waals surface area contributed by atoms with Crippen LogP contribution >= 0.6 is 23.2 Å². The Labute approximate surface area is 91.9 Å². The second kappa shape index (κ2) is 3.56.